The minimum Gasteiger partial charge on any atom is -0.391 e. The highest BCUT2D eigenvalue weighted by Gasteiger charge is 2.33. The molecule has 0 saturated carbocycles. The number of aromatic amines is 1. The van der Waals surface area contributed by atoms with Crippen LogP contribution in [0.15, 0.2) is 37.1 Å². The third-order valence-corrected chi connectivity index (χ3v) is 5.62. The lowest BCUT2D eigenvalue weighted by atomic mass is 9.89. The van der Waals surface area contributed by atoms with Crippen LogP contribution in [-0.2, 0) is 6.18 Å². The number of H-pyrrole nitrogens is 1. The molecule has 1 aliphatic rings. The lowest BCUT2D eigenvalue weighted by Gasteiger charge is -2.36. The maximum atomic E-state index is 13.1. The third-order valence-electron chi connectivity index (χ3n) is 5.62. The van der Waals surface area contributed by atoms with Crippen molar-refractivity contribution in [3.63, 3.8) is 0 Å². The van der Waals surface area contributed by atoms with Gasteiger partial charge < -0.3 is 10.0 Å². The number of aryl methyl sites for hydroxylation is 1. The van der Waals surface area contributed by atoms with E-state index >= 15 is 0 Å². The minimum atomic E-state index is -4.58. The summed E-state index contributed by atoms with van der Waals surface area (Å²) < 4.78 is 40.6. The highest BCUT2D eigenvalue weighted by molar-refractivity contribution is 5.58. The van der Waals surface area contributed by atoms with Crippen LogP contribution >= 0.6 is 0 Å². The number of β-amino-alcohol motifs (C(OH)–C–C–N with tert-alkyl or cyclic N) is 1. The summed E-state index contributed by atoms with van der Waals surface area (Å²) in [6, 6.07) is 1.72. The van der Waals surface area contributed by atoms with Gasteiger partial charge in [-0.1, -0.05) is 0 Å². The van der Waals surface area contributed by atoms with Crippen molar-refractivity contribution < 1.29 is 18.3 Å². The van der Waals surface area contributed by atoms with E-state index in [1.807, 2.05) is 11.8 Å². The molecule has 1 saturated heterocycles. The van der Waals surface area contributed by atoms with Crippen molar-refractivity contribution in [1.82, 2.24) is 34.5 Å². The Kier molecular flexibility index (Phi) is 4.81. The Hall–Kier alpha value is -3.54. The zero-order valence-corrected chi connectivity index (χ0v) is 17.0. The number of nitrogens with zero attached hydrogens (tertiary/aromatic N) is 7. The molecule has 0 unspecified atom stereocenters. The van der Waals surface area contributed by atoms with Crippen molar-refractivity contribution in [3.05, 3.63) is 54.0 Å². The average molecular weight is 444 g/mol. The summed E-state index contributed by atoms with van der Waals surface area (Å²) in [6.45, 7) is 2.94. The summed E-state index contributed by atoms with van der Waals surface area (Å²) in [7, 11) is 0. The molecule has 5 rings (SSSR count). The second kappa shape index (κ2) is 7.55. The van der Waals surface area contributed by atoms with E-state index in [1.165, 1.54) is 10.6 Å². The largest absolute Gasteiger partial charge is 0.434 e. The summed E-state index contributed by atoms with van der Waals surface area (Å²) >= 11 is 0. The van der Waals surface area contributed by atoms with Gasteiger partial charge in [0.2, 0.25) is 0 Å². The molecule has 5 heterocycles. The van der Waals surface area contributed by atoms with Crippen molar-refractivity contribution >= 4 is 11.5 Å². The topological polar surface area (TPSA) is 108 Å². The molecule has 9 nitrogen and oxygen atoms in total. The number of hydrogen-bond acceptors (Lipinski definition) is 7. The van der Waals surface area contributed by atoms with Crippen LogP contribution in [-0.4, -0.2) is 58.8 Å². The Morgan fingerprint density at radius 2 is 1.97 bits per heavy atom. The van der Waals surface area contributed by atoms with Gasteiger partial charge in [0.1, 0.15) is 11.5 Å². The molecule has 32 heavy (non-hydrogen) atoms. The molecule has 0 aromatic carbocycles. The van der Waals surface area contributed by atoms with Crippen molar-refractivity contribution in [2.45, 2.75) is 31.5 Å². The fourth-order valence-electron chi connectivity index (χ4n) is 4.11. The van der Waals surface area contributed by atoms with Gasteiger partial charge in [-0.3, -0.25) is 9.50 Å². The smallest absolute Gasteiger partial charge is 0.391 e. The van der Waals surface area contributed by atoms with Crippen LogP contribution in [0.5, 0.6) is 0 Å². The summed E-state index contributed by atoms with van der Waals surface area (Å²) in [5, 5.41) is 17.5. The number of rotatable bonds is 3. The molecule has 1 fully saturated rings. The zero-order chi connectivity index (χ0) is 22.5. The first-order valence-electron chi connectivity index (χ1n) is 9.96. The van der Waals surface area contributed by atoms with Crippen molar-refractivity contribution in [2.75, 3.05) is 18.0 Å². The number of fused-ring (bicyclic) bond motifs is 1. The van der Waals surface area contributed by atoms with E-state index in [0.717, 1.165) is 23.7 Å². The molecule has 12 heteroatoms. The Bertz CT molecular complexity index is 1270. The lowest BCUT2D eigenvalue weighted by Crippen LogP contribution is -2.42. The van der Waals surface area contributed by atoms with Gasteiger partial charge in [0, 0.05) is 37.1 Å². The molecule has 1 aliphatic heterocycles. The maximum Gasteiger partial charge on any atom is 0.434 e. The third kappa shape index (κ3) is 3.66. The predicted octanol–water partition coefficient (Wildman–Crippen LogP) is 2.59. The van der Waals surface area contributed by atoms with E-state index in [-0.39, 0.29) is 17.4 Å². The molecule has 0 radical (unpaired) electrons. The van der Waals surface area contributed by atoms with Crippen LogP contribution < -0.4 is 4.90 Å². The molecule has 2 atom stereocenters. The SMILES string of the molecule is Cc1[nH]ncc1[C@H]1C[C@H](O)CN(c2ccnc(-c3cnc4cnc(C(F)(F)F)cn34)n2)C1. The van der Waals surface area contributed by atoms with Crippen molar-refractivity contribution in [2.24, 2.45) is 0 Å². The number of hydrogen-bond donors (Lipinski definition) is 2. The molecule has 0 amide bonds. The number of aromatic nitrogens is 7. The zero-order valence-electron chi connectivity index (χ0n) is 17.0. The molecule has 0 bridgehead atoms. The lowest BCUT2D eigenvalue weighted by molar-refractivity contribution is -0.141. The Balaban J connectivity index is 1.49. The van der Waals surface area contributed by atoms with Gasteiger partial charge in [-0.2, -0.15) is 18.3 Å². The second-order valence-corrected chi connectivity index (χ2v) is 7.82. The molecule has 166 valence electrons. The van der Waals surface area contributed by atoms with Crippen molar-refractivity contribution in [3.8, 4) is 11.5 Å². The van der Waals surface area contributed by atoms with Gasteiger partial charge in [-0.25, -0.2) is 19.9 Å². The maximum absolute atomic E-state index is 13.1. The minimum absolute atomic E-state index is 0.0622. The Morgan fingerprint density at radius 1 is 1.12 bits per heavy atom. The normalized spacial score (nSPS) is 19.6. The van der Waals surface area contributed by atoms with Gasteiger partial charge in [0.15, 0.2) is 17.2 Å². The molecule has 2 N–H and O–H groups in total. The van der Waals surface area contributed by atoms with E-state index in [4.69, 9.17) is 0 Å². The van der Waals surface area contributed by atoms with Gasteiger partial charge in [0.05, 0.1) is 24.7 Å². The average Bonchev–Trinajstić information content (AvgIpc) is 3.38. The summed E-state index contributed by atoms with van der Waals surface area (Å²) in [6.07, 6.45) is 2.15. The Morgan fingerprint density at radius 3 is 2.72 bits per heavy atom. The van der Waals surface area contributed by atoms with Crippen LogP contribution in [0.4, 0.5) is 19.0 Å². The van der Waals surface area contributed by atoms with E-state index in [9.17, 15) is 18.3 Å². The van der Waals surface area contributed by atoms with E-state index in [0.29, 0.717) is 31.0 Å². The van der Waals surface area contributed by atoms with Gasteiger partial charge >= 0.3 is 6.18 Å². The summed E-state index contributed by atoms with van der Waals surface area (Å²) in [5.41, 5.74) is 1.53. The summed E-state index contributed by atoms with van der Waals surface area (Å²) in [5.74, 6) is 0.859. The molecule has 0 spiro atoms. The van der Waals surface area contributed by atoms with Crippen LogP contribution in [0.1, 0.15) is 29.3 Å². The van der Waals surface area contributed by atoms with Gasteiger partial charge in [0.25, 0.3) is 0 Å². The number of piperidine rings is 1. The number of aliphatic hydroxyl groups excluding tert-OH is 1. The summed E-state index contributed by atoms with van der Waals surface area (Å²) in [4.78, 5) is 18.3. The number of alkyl halides is 3. The number of halogens is 3. The van der Waals surface area contributed by atoms with E-state index in [1.54, 1.807) is 18.5 Å². The first-order valence-corrected chi connectivity index (χ1v) is 9.96. The number of aliphatic hydroxyl groups is 1. The van der Waals surface area contributed by atoms with Crippen molar-refractivity contribution in [1.29, 1.82) is 0 Å². The quantitative estimate of drug-likeness (QED) is 0.500. The Labute approximate surface area is 180 Å². The standard InChI is InChI=1S/C20H19F3N8O/c1-11-14(5-27-29-11)12-4-13(32)9-30(8-12)17-2-3-24-19(28-17)15-6-26-18-7-25-16(10-31(15)18)20(21,22)23/h2-3,5-7,10,12-13,32H,4,8-9H2,1H3,(H,27,29)/t12-,13-/m0/s1. The first-order chi connectivity index (χ1) is 15.3. The number of anilines is 1. The molecular weight excluding hydrogens is 425 g/mol. The van der Waals surface area contributed by atoms with Crippen LogP contribution in [0.3, 0.4) is 0 Å². The second-order valence-electron chi connectivity index (χ2n) is 7.82. The monoisotopic (exact) mass is 444 g/mol. The fourth-order valence-corrected chi connectivity index (χ4v) is 4.11. The number of imidazole rings is 1. The van der Waals surface area contributed by atoms with Gasteiger partial charge in [-0.05, 0) is 25.0 Å². The van der Waals surface area contributed by atoms with Crippen LogP contribution in [0.2, 0.25) is 0 Å². The van der Waals surface area contributed by atoms with Gasteiger partial charge in [-0.15, -0.1) is 0 Å². The van der Waals surface area contributed by atoms with Crippen LogP contribution in [0, 0.1) is 6.92 Å². The van der Waals surface area contributed by atoms with E-state index in [2.05, 4.69) is 30.1 Å². The fraction of sp³-hybridized carbons (Fsp3) is 0.350. The molecular formula is C20H19F3N8O. The number of nitrogens with one attached hydrogen (secondary N) is 1. The highest BCUT2D eigenvalue weighted by Crippen LogP contribution is 2.32. The van der Waals surface area contributed by atoms with Crippen LogP contribution in [0.25, 0.3) is 17.2 Å². The predicted molar refractivity (Wildman–Crippen MR) is 108 cm³/mol. The highest BCUT2D eigenvalue weighted by atomic mass is 19.4. The first kappa shape index (κ1) is 20.4. The van der Waals surface area contributed by atoms with E-state index < -0.39 is 18.0 Å². The molecule has 4 aromatic rings. The molecule has 0 aliphatic carbocycles. The molecule has 4 aromatic heterocycles.